The molecule has 0 atom stereocenters. The van der Waals surface area contributed by atoms with Crippen molar-refractivity contribution in [3.63, 3.8) is 0 Å². The van der Waals surface area contributed by atoms with Gasteiger partial charge in [0.1, 0.15) is 5.52 Å². The Labute approximate surface area is 207 Å². The molecule has 182 valence electrons. The molecule has 9 heteroatoms. The van der Waals surface area contributed by atoms with Crippen molar-refractivity contribution in [1.29, 1.82) is 0 Å². The topological polar surface area (TPSA) is 119 Å². The first-order valence-corrected chi connectivity index (χ1v) is 12.1. The van der Waals surface area contributed by atoms with Gasteiger partial charge < -0.3 is 20.4 Å². The molecule has 6 rings (SSSR count). The molecule has 0 aliphatic carbocycles. The van der Waals surface area contributed by atoms with Crippen LogP contribution in [0, 0.1) is 0 Å². The van der Waals surface area contributed by atoms with Crippen LogP contribution >= 0.6 is 0 Å². The van der Waals surface area contributed by atoms with Crippen LogP contribution < -0.4 is 16.2 Å². The van der Waals surface area contributed by atoms with Crippen molar-refractivity contribution in [2.75, 3.05) is 18.9 Å². The summed E-state index contributed by atoms with van der Waals surface area (Å²) in [5, 5.41) is 0. The number of amides is 1. The zero-order chi connectivity index (χ0) is 24.6. The van der Waals surface area contributed by atoms with E-state index in [0.29, 0.717) is 49.4 Å². The lowest BCUT2D eigenvalue weighted by Crippen LogP contribution is -2.36. The normalized spacial score (nSPS) is 15.4. The number of benzene rings is 2. The molecule has 36 heavy (non-hydrogen) atoms. The Morgan fingerprint density at radius 3 is 2.75 bits per heavy atom. The third-order valence-corrected chi connectivity index (χ3v) is 6.79. The molecule has 4 aromatic rings. The first-order chi connectivity index (χ1) is 17.6. The number of nitrogens with two attached hydrogens (primary N) is 1. The van der Waals surface area contributed by atoms with Crippen LogP contribution in [0.3, 0.4) is 0 Å². The minimum absolute atomic E-state index is 0.0304. The number of hydrogen-bond donors (Lipinski definition) is 2. The molecule has 0 fully saturated rings. The van der Waals surface area contributed by atoms with E-state index < -0.39 is 0 Å². The van der Waals surface area contributed by atoms with Crippen molar-refractivity contribution >= 4 is 22.9 Å². The van der Waals surface area contributed by atoms with Gasteiger partial charge in [-0.1, -0.05) is 42.5 Å². The molecule has 4 bridgehead atoms. The minimum atomic E-state index is -0.310. The van der Waals surface area contributed by atoms with Crippen molar-refractivity contribution < 1.29 is 9.53 Å². The van der Waals surface area contributed by atoms with E-state index in [1.807, 2.05) is 35.2 Å². The zero-order valence-electron chi connectivity index (χ0n) is 19.7. The number of anilines is 1. The summed E-state index contributed by atoms with van der Waals surface area (Å²) in [6.07, 6.45) is 6.49. The predicted molar refractivity (Wildman–Crippen MR) is 136 cm³/mol. The molecule has 2 aromatic carbocycles. The van der Waals surface area contributed by atoms with Crippen LogP contribution in [0.5, 0.6) is 6.01 Å². The zero-order valence-corrected chi connectivity index (χ0v) is 19.7. The minimum Gasteiger partial charge on any atom is -0.463 e. The van der Waals surface area contributed by atoms with Crippen molar-refractivity contribution in [3.8, 4) is 6.01 Å². The lowest BCUT2D eigenvalue weighted by Gasteiger charge is -2.31. The number of carbonyl (C=O) groups is 1. The van der Waals surface area contributed by atoms with Gasteiger partial charge in [-0.2, -0.15) is 9.97 Å². The highest BCUT2D eigenvalue weighted by Gasteiger charge is 2.24. The predicted octanol–water partition coefficient (Wildman–Crippen LogP) is 2.83. The largest absolute Gasteiger partial charge is 0.463 e. The Balaban J connectivity index is 1.42. The number of hydrogen-bond acceptors (Lipinski definition) is 6. The quantitative estimate of drug-likeness (QED) is 0.403. The number of aromatic amines is 1. The smallest absolute Gasteiger partial charge is 0.328 e. The van der Waals surface area contributed by atoms with Gasteiger partial charge in [-0.3, -0.25) is 9.36 Å². The Morgan fingerprint density at radius 1 is 1.06 bits per heavy atom. The lowest BCUT2D eigenvalue weighted by molar-refractivity contribution is 0.0734. The summed E-state index contributed by atoms with van der Waals surface area (Å²) in [5.74, 6) is 0.206. The lowest BCUT2D eigenvalue weighted by atomic mass is 9.90. The summed E-state index contributed by atoms with van der Waals surface area (Å²) >= 11 is 0. The molecule has 0 saturated carbocycles. The molecule has 0 spiro atoms. The second kappa shape index (κ2) is 8.99. The van der Waals surface area contributed by atoms with Crippen LogP contribution in [-0.4, -0.2) is 43.5 Å². The van der Waals surface area contributed by atoms with E-state index in [9.17, 15) is 9.59 Å². The third-order valence-electron chi connectivity index (χ3n) is 6.79. The van der Waals surface area contributed by atoms with Crippen LogP contribution in [-0.2, 0) is 25.9 Å². The number of nitrogens with one attached hydrogen (secondary N) is 1. The summed E-state index contributed by atoms with van der Waals surface area (Å²) in [4.78, 5) is 39.3. The highest BCUT2D eigenvalue weighted by atomic mass is 16.5. The van der Waals surface area contributed by atoms with Gasteiger partial charge in [0.05, 0.1) is 13.2 Å². The fraction of sp³-hybridized carbons (Fsp3) is 0.259. The maximum Gasteiger partial charge on any atom is 0.328 e. The second-order valence-corrected chi connectivity index (χ2v) is 9.15. The molecule has 0 radical (unpaired) electrons. The maximum atomic E-state index is 13.1. The Morgan fingerprint density at radius 2 is 1.89 bits per heavy atom. The van der Waals surface area contributed by atoms with Gasteiger partial charge in [-0.05, 0) is 53.6 Å². The number of imidazole rings is 1. The van der Waals surface area contributed by atoms with E-state index in [2.05, 4.69) is 39.2 Å². The number of aromatic nitrogens is 4. The van der Waals surface area contributed by atoms with Crippen molar-refractivity contribution in [1.82, 2.24) is 24.4 Å². The number of nitrogen functional groups attached to an aromatic ring is 1. The first-order valence-electron chi connectivity index (χ1n) is 12.1. The van der Waals surface area contributed by atoms with Gasteiger partial charge in [0.25, 0.3) is 5.91 Å². The van der Waals surface area contributed by atoms with Crippen LogP contribution in [0.4, 0.5) is 5.82 Å². The monoisotopic (exact) mass is 482 g/mol. The van der Waals surface area contributed by atoms with E-state index >= 15 is 0 Å². The van der Waals surface area contributed by atoms with Crippen LogP contribution in [0.2, 0.25) is 0 Å². The number of H-pyrrole nitrogens is 1. The van der Waals surface area contributed by atoms with Gasteiger partial charge in [-0.15, -0.1) is 0 Å². The summed E-state index contributed by atoms with van der Waals surface area (Å²) < 4.78 is 7.25. The number of allylic oxidation sites excluding steroid dienone is 1. The van der Waals surface area contributed by atoms with Crippen LogP contribution in [0.1, 0.15) is 39.0 Å². The Bertz CT molecular complexity index is 1550. The van der Waals surface area contributed by atoms with Gasteiger partial charge >= 0.3 is 11.7 Å². The molecule has 3 N–H and O–H groups in total. The number of nitrogens with zero attached hydrogens (tertiary/aromatic N) is 4. The SMILES string of the molecule is Nc1nc2nc3c1[nH]c(=O)n3Cc1cc(c3c(c1)CN(C(=O)c1ccccc1)CC3)CC=CCCO2. The Kier molecular flexibility index (Phi) is 5.52. The van der Waals surface area contributed by atoms with Gasteiger partial charge in [0.2, 0.25) is 0 Å². The molecule has 9 nitrogen and oxygen atoms in total. The van der Waals surface area contributed by atoms with E-state index in [1.54, 1.807) is 4.57 Å². The molecular formula is C27H26N6O3. The summed E-state index contributed by atoms with van der Waals surface area (Å²) in [5.41, 5.74) is 11.9. The Hall–Kier alpha value is -4.40. The van der Waals surface area contributed by atoms with E-state index in [0.717, 1.165) is 24.0 Å². The fourth-order valence-electron chi connectivity index (χ4n) is 5.04. The maximum absolute atomic E-state index is 13.1. The van der Waals surface area contributed by atoms with Crippen molar-refractivity contribution in [2.45, 2.75) is 32.4 Å². The molecule has 2 aromatic heterocycles. The fourth-order valence-corrected chi connectivity index (χ4v) is 5.04. The van der Waals surface area contributed by atoms with Crippen molar-refractivity contribution in [3.05, 3.63) is 92.9 Å². The molecule has 0 saturated heterocycles. The molecule has 2 aliphatic rings. The number of fused-ring (bicyclic) bond motifs is 5. The molecule has 4 heterocycles. The van der Waals surface area contributed by atoms with E-state index in [1.165, 1.54) is 11.1 Å². The average Bonchev–Trinajstić information content (AvgIpc) is 3.20. The molecule has 1 amide bonds. The third kappa shape index (κ3) is 4.02. The standard InChI is InChI=1S/C27H26N6O3/c28-23-22-24-31-26(30-23)36-12-6-2-5-9-19-13-17(15-33(24)27(35)29-22)14-20-16-32(11-10-21(19)20)25(34)18-7-3-1-4-8-18/h1-5,7-8,13-14H,6,9-12,15-16H2,(H,29,35)(H2,28,30,31). The second-order valence-electron chi connectivity index (χ2n) is 9.15. The first kappa shape index (κ1) is 22.1. The number of carbonyl (C=O) groups excluding carboxylic acids is 1. The van der Waals surface area contributed by atoms with Crippen LogP contribution in [0.25, 0.3) is 11.2 Å². The van der Waals surface area contributed by atoms with Gasteiger partial charge in [0, 0.05) is 18.7 Å². The average molecular weight is 483 g/mol. The summed E-state index contributed by atoms with van der Waals surface area (Å²) in [7, 11) is 0. The highest BCUT2D eigenvalue weighted by Crippen LogP contribution is 2.28. The van der Waals surface area contributed by atoms with Crippen molar-refractivity contribution in [2.24, 2.45) is 0 Å². The van der Waals surface area contributed by atoms with Gasteiger partial charge in [0.15, 0.2) is 11.5 Å². The molecular weight excluding hydrogens is 456 g/mol. The number of rotatable bonds is 1. The van der Waals surface area contributed by atoms with E-state index in [-0.39, 0.29) is 23.4 Å². The van der Waals surface area contributed by atoms with Gasteiger partial charge in [-0.25, -0.2) is 4.79 Å². The van der Waals surface area contributed by atoms with Crippen LogP contribution in [0.15, 0.2) is 59.4 Å². The summed E-state index contributed by atoms with van der Waals surface area (Å²) in [6, 6.07) is 13.8. The summed E-state index contributed by atoms with van der Waals surface area (Å²) in [6.45, 7) is 1.92. The van der Waals surface area contributed by atoms with E-state index in [4.69, 9.17) is 10.5 Å². The molecule has 0 unspecified atom stereocenters. The number of ether oxygens (including phenoxy) is 1. The molecule has 2 aliphatic heterocycles. The highest BCUT2D eigenvalue weighted by molar-refractivity contribution is 5.94.